The highest BCUT2D eigenvalue weighted by atomic mass is 32.1. The summed E-state index contributed by atoms with van der Waals surface area (Å²) >= 11 is 6.27. The molecular weight excluding hydrogens is 446 g/mol. The summed E-state index contributed by atoms with van der Waals surface area (Å²) < 4.78 is 1.62. The Kier molecular flexibility index (Phi) is 6.65. The minimum Gasteiger partial charge on any atom is -0.504 e. The van der Waals surface area contributed by atoms with E-state index in [-0.39, 0.29) is 21.2 Å². The Morgan fingerprint density at radius 3 is 2.41 bits per heavy atom. The Hall–Kier alpha value is -3.24. The van der Waals surface area contributed by atoms with Crippen molar-refractivity contribution in [2.75, 3.05) is 5.32 Å². The molecule has 0 radical (unpaired) electrons. The van der Waals surface area contributed by atoms with Crippen molar-refractivity contribution in [3.63, 3.8) is 0 Å². The van der Waals surface area contributed by atoms with Crippen molar-refractivity contribution in [2.45, 2.75) is 33.1 Å². The molecule has 0 unspecified atom stereocenters. The van der Waals surface area contributed by atoms with Crippen LogP contribution in [0.5, 0.6) is 5.75 Å². The van der Waals surface area contributed by atoms with Crippen molar-refractivity contribution < 1.29 is 15.0 Å². The lowest BCUT2D eigenvalue weighted by Gasteiger charge is -2.19. The molecule has 0 fully saturated rings. The van der Waals surface area contributed by atoms with Gasteiger partial charge in [0, 0.05) is 12.6 Å². The second kappa shape index (κ2) is 9.09. The van der Waals surface area contributed by atoms with E-state index in [9.17, 15) is 9.90 Å². The third-order valence-corrected chi connectivity index (χ3v) is 5.95. The number of hydrogen-bond acceptors (Lipinski definition) is 6. The Morgan fingerprint density at radius 2 is 1.84 bits per heavy atom. The van der Waals surface area contributed by atoms with E-state index in [0.29, 0.717) is 22.1 Å². The second-order valence-corrected chi connectivity index (χ2v) is 9.72. The van der Waals surface area contributed by atoms with Crippen LogP contribution in [0.2, 0.25) is 0 Å². The molecule has 3 rings (SSSR count). The number of thiocarbonyl (C=S) groups is 1. The van der Waals surface area contributed by atoms with Gasteiger partial charge in [0.2, 0.25) is 0 Å². The molecule has 0 amide bonds. The molecule has 0 saturated carbocycles. The molecule has 0 aliphatic rings. The second-order valence-electron chi connectivity index (χ2n) is 8.23. The van der Waals surface area contributed by atoms with Crippen molar-refractivity contribution in [3.05, 3.63) is 52.5 Å². The Labute approximate surface area is 195 Å². The lowest BCUT2D eigenvalue weighted by molar-refractivity contribution is 0.0702. The first-order chi connectivity index (χ1) is 15.0. The maximum absolute atomic E-state index is 11.0. The number of nitrogens with one attached hydrogen (secondary N) is 2. The minimum absolute atomic E-state index is 0.0299. The third-order valence-electron chi connectivity index (χ3n) is 4.77. The summed E-state index contributed by atoms with van der Waals surface area (Å²) in [5.74, 6) is -0.965. The SMILES string of the molecule is C/C(=N\NC(=S)Nc1ccc(C(=O)O)s1)c1nn(C)c(-c2ccc(C(C)(C)C)cc2)c1O. The first-order valence-electron chi connectivity index (χ1n) is 9.79. The number of rotatable bonds is 5. The average Bonchev–Trinajstić information content (AvgIpc) is 3.30. The van der Waals surface area contributed by atoms with E-state index in [0.717, 1.165) is 16.9 Å². The zero-order chi connectivity index (χ0) is 23.6. The Bertz CT molecular complexity index is 1190. The molecule has 0 atom stereocenters. The van der Waals surface area contributed by atoms with Crippen LogP contribution < -0.4 is 10.7 Å². The fourth-order valence-electron chi connectivity index (χ4n) is 3.06. The lowest BCUT2D eigenvalue weighted by atomic mass is 9.86. The average molecular weight is 472 g/mol. The zero-order valence-electron chi connectivity index (χ0n) is 18.4. The molecule has 0 aliphatic carbocycles. The zero-order valence-corrected chi connectivity index (χ0v) is 20.1. The minimum atomic E-state index is -0.995. The summed E-state index contributed by atoms with van der Waals surface area (Å²) in [5.41, 5.74) is 6.15. The standard InChI is InChI=1S/C22H25N5O3S2/c1-12(24-25-21(31)23-16-11-10-15(32-16)20(29)30)17-19(28)18(27(5)26-17)13-6-8-14(9-7-13)22(2,3)4/h6-11,28H,1-5H3,(H,29,30)(H2,23,25,31)/b24-12+. The number of aromatic nitrogens is 2. The van der Waals surface area contributed by atoms with Crippen LogP contribution in [0.25, 0.3) is 11.3 Å². The van der Waals surface area contributed by atoms with E-state index in [1.165, 1.54) is 11.6 Å². The number of carboxylic acid groups (broad SMARTS) is 1. The number of thiophene rings is 1. The van der Waals surface area contributed by atoms with Gasteiger partial charge in [0.05, 0.1) is 10.7 Å². The molecule has 0 spiro atoms. The number of aromatic hydroxyl groups is 1. The highest BCUT2D eigenvalue weighted by Crippen LogP contribution is 2.33. The monoisotopic (exact) mass is 471 g/mol. The predicted molar refractivity (Wildman–Crippen MR) is 132 cm³/mol. The number of benzene rings is 1. The van der Waals surface area contributed by atoms with Crippen LogP contribution >= 0.6 is 23.6 Å². The molecule has 0 aliphatic heterocycles. The Balaban J connectivity index is 1.75. The van der Waals surface area contributed by atoms with Gasteiger partial charge >= 0.3 is 5.97 Å². The number of aryl methyl sites for hydroxylation is 1. The maximum Gasteiger partial charge on any atom is 0.345 e. The van der Waals surface area contributed by atoms with Crippen molar-refractivity contribution in [3.8, 4) is 17.0 Å². The number of aromatic carboxylic acids is 1. The molecule has 168 valence electrons. The molecule has 3 aromatic rings. The van der Waals surface area contributed by atoms with Gasteiger partial charge in [0.25, 0.3) is 0 Å². The third kappa shape index (κ3) is 5.14. The molecule has 4 N–H and O–H groups in total. The van der Waals surface area contributed by atoms with Gasteiger partial charge < -0.3 is 15.5 Å². The number of nitrogens with zero attached hydrogens (tertiary/aromatic N) is 3. The van der Waals surface area contributed by atoms with Crippen LogP contribution in [0, 0.1) is 0 Å². The van der Waals surface area contributed by atoms with Gasteiger partial charge in [-0.15, -0.1) is 11.3 Å². The Morgan fingerprint density at radius 1 is 1.19 bits per heavy atom. The van der Waals surface area contributed by atoms with E-state index in [2.05, 4.69) is 41.7 Å². The van der Waals surface area contributed by atoms with Gasteiger partial charge in [0.1, 0.15) is 10.6 Å². The smallest absolute Gasteiger partial charge is 0.345 e. The van der Waals surface area contributed by atoms with Gasteiger partial charge in [0.15, 0.2) is 16.6 Å². The molecule has 0 bridgehead atoms. The molecule has 0 saturated heterocycles. The lowest BCUT2D eigenvalue weighted by Crippen LogP contribution is -2.24. The largest absolute Gasteiger partial charge is 0.504 e. The predicted octanol–water partition coefficient (Wildman–Crippen LogP) is 4.56. The van der Waals surface area contributed by atoms with Crippen molar-refractivity contribution in [1.82, 2.24) is 15.2 Å². The summed E-state index contributed by atoms with van der Waals surface area (Å²) in [4.78, 5) is 11.2. The summed E-state index contributed by atoms with van der Waals surface area (Å²) in [6.45, 7) is 8.16. The van der Waals surface area contributed by atoms with Gasteiger partial charge in [-0.3, -0.25) is 10.1 Å². The van der Waals surface area contributed by atoms with E-state index in [1.54, 1.807) is 24.7 Å². The van der Waals surface area contributed by atoms with Gasteiger partial charge in [-0.1, -0.05) is 45.0 Å². The highest BCUT2D eigenvalue weighted by molar-refractivity contribution is 7.80. The molecule has 10 heteroatoms. The van der Waals surface area contributed by atoms with Crippen molar-refractivity contribution in [1.29, 1.82) is 0 Å². The normalized spacial score (nSPS) is 12.0. The van der Waals surface area contributed by atoms with Crippen molar-refractivity contribution in [2.24, 2.45) is 12.1 Å². The first kappa shape index (κ1) is 23.4. The fourth-order valence-corrected chi connectivity index (χ4v) is 4.03. The van der Waals surface area contributed by atoms with Crippen LogP contribution in [0.4, 0.5) is 5.00 Å². The van der Waals surface area contributed by atoms with Crippen molar-refractivity contribution >= 4 is 45.3 Å². The molecule has 2 heterocycles. The quantitative estimate of drug-likeness (QED) is 0.245. The van der Waals surface area contributed by atoms with E-state index in [1.807, 2.05) is 24.3 Å². The number of carbonyl (C=O) groups is 1. The maximum atomic E-state index is 11.0. The van der Waals surface area contributed by atoms with Crippen LogP contribution in [0.1, 0.15) is 48.6 Å². The van der Waals surface area contributed by atoms with Crippen LogP contribution in [0.3, 0.4) is 0 Å². The number of carboxylic acids is 1. The van der Waals surface area contributed by atoms with Crippen LogP contribution in [0.15, 0.2) is 41.5 Å². The number of hydrogen-bond donors (Lipinski definition) is 4. The topological polar surface area (TPSA) is 112 Å². The van der Waals surface area contributed by atoms with Crippen LogP contribution in [-0.4, -0.2) is 36.8 Å². The van der Waals surface area contributed by atoms with Gasteiger partial charge in [-0.2, -0.15) is 10.2 Å². The van der Waals surface area contributed by atoms with E-state index in [4.69, 9.17) is 17.3 Å². The van der Waals surface area contributed by atoms with E-state index < -0.39 is 5.97 Å². The molecule has 32 heavy (non-hydrogen) atoms. The molecular formula is C22H25N5O3S2. The van der Waals surface area contributed by atoms with Gasteiger partial charge in [-0.25, -0.2) is 4.79 Å². The first-order valence-corrected chi connectivity index (χ1v) is 11.0. The highest BCUT2D eigenvalue weighted by Gasteiger charge is 2.20. The number of anilines is 1. The summed E-state index contributed by atoms with van der Waals surface area (Å²) in [7, 11) is 1.76. The molecule has 8 nitrogen and oxygen atoms in total. The molecule has 1 aromatic carbocycles. The van der Waals surface area contributed by atoms with Gasteiger partial charge in [-0.05, 0) is 42.3 Å². The summed E-state index contributed by atoms with van der Waals surface area (Å²) in [5, 5.41) is 32.1. The van der Waals surface area contributed by atoms with Crippen LogP contribution in [-0.2, 0) is 12.5 Å². The fraction of sp³-hybridized carbons (Fsp3) is 0.273. The molecule has 2 aromatic heterocycles. The summed E-state index contributed by atoms with van der Waals surface area (Å²) in [6, 6.07) is 11.2. The van der Waals surface area contributed by atoms with E-state index >= 15 is 0 Å². The number of hydrazone groups is 1. The summed E-state index contributed by atoms with van der Waals surface area (Å²) in [6.07, 6.45) is 0.